The summed E-state index contributed by atoms with van der Waals surface area (Å²) in [4.78, 5) is 0. The molecule has 0 aliphatic carbocycles. The van der Waals surface area contributed by atoms with Crippen LogP contribution in [-0.4, -0.2) is 0 Å². The minimum atomic E-state index is -0.0494. The summed E-state index contributed by atoms with van der Waals surface area (Å²) in [5.74, 6) is 0. The molecule has 0 unspecified atom stereocenters. The van der Waals surface area contributed by atoms with Crippen molar-refractivity contribution in [2.45, 2.75) is 0 Å². The van der Waals surface area contributed by atoms with E-state index in [0.717, 1.165) is 15.2 Å². The van der Waals surface area contributed by atoms with E-state index in [1.807, 2.05) is 36.4 Å². The summed E-state index contributed by atoms with van der Waals surface area (Å²) >= 11 is -0.0494. The van der Waals surface area contributed by atoms with Gasteiger partial charge in [-0.1, -0.05) is 0 Å². The number of hydrogen-bond donors (Lipinski definition) is 1. The fraction of sp³-hybridized carbons (Fsp3) is 0. The number of para-hydroxylation sites is 1. The van der Waals surface area contributed by atoms with Gasteiger partial charge in [-0.2, -0.15) is 0 Å². The van der Waals surface area contributed by atoms with Crippen LogP contribution in [0, 0.1) is 0 Å². The van der Waals surface area contributed by atoms with E-state index < -0.39 is 0 Å². The van der Waals surface area contributed by atoms with E-state index in [2.05, 4.69) is 0 Å². The van der Waals surface area contributed by atoms with Gasteiger partial charge in [0.25, 0.3) is 0 Å². The Hall–Kier alpha value is -0.808. The van der Waals surface area contributed by atoms with Crippen LogP contribution in [0.2, 0.25) is 0 Å². The van der Waals surface area contributed by atoms with Gasteiger partial charge in [-0.05, 0) is 0 Å². The van der Waals surface area contributed by atoms with E-state index in [-0.39, 0.29) is 17.0 Å². The number of anilines is 1. The normalized spacial score (nSPS) is 11.4. The molecule has 1 nitrogen and oxygen atoms in total. The van der Waals surface area contributed by atoms with Crippen molar-refractivity contribution in [1.82, 2.24) is 0 Å². The molecule has 2 N–H and O–H groups in total. The zero-order valence-corrected chi connectivity index (χ0v) is 10.1. The maximum absolute atomic E-state index is 7.94. The summed E-state index contributed by atoms with van der Waals surface area (Å²) in [6, 6.07) is 13.6. The molecule has 0 saturated heterocycles. The molecule has 0 aliphatic heterocycles. The maximum atomic E-state index is 7.94. The van der Waals surface area contributed by atoms with E-state index >= 15 is 0 Å². The predicted octanol–water partition coefficient (Wildman–Crippen LogP) is 2.80. The Morgan fingerprint density at radius 3 is 2.53 bits per heavy atom. The second-order valence-electron chi connectivity index (χ2n) is 3.01. The van der Waals surface area contributed by atoms with Crippen LogP contribution in [0.1, 0.15) is 1.37 Å². The molecule has 0 heterocycles. The van der Waals surface area contributed by atoms with Crippen LogP contribution in [-0.2, 0) is 17.0 Å². The summed E-state index contributed by atoms with van der Waals surface area (Å²) in [6.07, 6.45) is 0. The van der Waals surface area contributed by atoms with Gasteiger partial charge < -0.3 is 0 Å². The zero-order chi connectivity index (χ0) is 11.5. The summed E-state index contributed by atoms with van der Waals surface area (Å²) < 4.78 is 8.93. The molecule has 0 atom stereocenters. The average molecular weight is 311 g/mol. The van der Waals surface area contributed by atoms with Crippen molar-refractivity contribution in [3.63, 3.8) is 0 Å². The fourth-order valence-electron chi connectivity index (χ4n) is 1.38. The standard InChI is InChI=1S/C12H10N.ClH.Pd/c13-12-9-5-4-8-11(12)10-6-2-1-3-7-10;;/h1-6,8-9H,13H2;1H;/q;;+1/p-1/i6D;;. The van der Waals surface area contributed by atoms with Gasteiger partial charge in [0.15, 0.2) is 0 Å². The van der Waals surface area contributed by atoms with Gasteiger partial charge in [-0.3, -0.25) is 0 Å². The third-order valence-electron chi connectivity index (χ3n) is 2.07. The van der Waals surface area contributed by atoms with E-state index in [4.69, 9.17) is 16.6 Å². The predicted molar refractivity (Wildman–Crippen MR) is 61.8 cm³/mol. The number of rotatable bonds is 2. The summed E-state index contributed by atoms with van der Waals surface area (Å²) in [6.45, 7) is 0. The molecule has 80 valence electrons. The molecular weight excluding hydrogens is 300 g/mol. The Balaban J connectivity index is 2.68. The molecule has 0 amide bonds. The first-order valence-corrected chi connectivity index (χ1v) is 7.17. The average Bonchev–Trinajstić information content (AvgIpc) is 2.30. The number of nitrogen functional groups attached to an aromatic ring is 1. The molecule has 2 aromatic carbocycles. The third-order valence-corrected chi connectivity index (χ3v) is 3.80. The molecule has 3 heteroatoms. The van der Waals surface area contributed by atoms with Crippen molar-refractivity contribution < 1.29 is 18.3 Å². The zero-order valence-electron chi connectivity index (χ0n) is 8.81. The van der Waals surface area contributed by atoms with Gasteiger partial charge in [-0.15, -0.1) is 0 Å². The van der Waals surface area contributed by atoms with Crippen molar-refractivity contribution in [2.24, 2.45) is 0 Å². The topological polar surface area (TPSA) is 26.0 Å². The van der Waals surface area contributed by atoms with Crippen molar-refractivity contribution in [3.8, 4) is 11.1 Å². The van der Waals surface area contributed by atoms with Gasteiger partial charge in [0.05, 0.1) is 0 Å². The van der Waals surface area contributed by atoms with E-state index in [9.17, 15) is 0 Å². The van der Waals surface area contributed by atoms with E-state index in [1.165, 1.54) is 0 Å². The summed E-state index contributed by atoms with van der Waals surface area (Å²) in [5, 5.41) is 0. The van der Waals surface area contributed by atoms with Crippen molar-refractivity contribution in [3.05, 3.63) is 48.5 Å². The molecule has 15 heavy (non-hydrogen) atoms. The Morgan fingerprint density at radius 2 is 1.80 bits per heavy atom. The number of nitrogens with two attached hydrogens (primary N) is 1. The third kappa shape index (κ3) is 2.23. The molecule has 2 rings (SSSR count). The van der Waals surface area contributed by atoms with Gasteiger partial charge in [0.2, 0.25) is 0 Å². The molecular formula is C12H10ClNPd. The van der Waals surface area contributed by atoms with Gasteiger partial charge in [0, 0.05) is 0 Å². The van der Waals surface area contributed by atoms with Crippen LogP contribution >= 0.6 is 9.53 Å². The monoisotopic (exact) mass is 310 g/mol. The van der Waals surface area contributed by atoms with E-state index in [0.29, 0.717) is 11.7 Å². The molecule has 0 fully saturated rings. The van der Waals surface area contributed by atoms with Gasteiger partial charge in [-0.25, -0.2) is 0 Å². The van der Waals surface area contributed by atoms with Crippen molar-refractivity contribution in [1.29, 1.82) is 0 Å². The quantitative estimate of drug-likeness (QED) is 0.670. The molecule has 0 aliphatic rings. The fourth-order valence-corrected chi connectivity index (χ4v) is 2.68. The van der Waals surface area contributed by atoms with Gasteiger partial charge >= 0.3 is 103 Å². The van der Waals surface area contributed by atoms with Crippen LogP contribution in [0.15, 0.2) is 48.5 Å². The second kappa shape index (κ2) is 4.81. The van der Waals surface area contributed by atoms with Crippen LogP contribution in [0.3, 0.4) is 0 Å². The van der Waals surface area contributed by atoms with Crippen LogP contribution < -0.4 is 9.77 Å². The van der Waals surface area contributed by atoms with E-state index in [1.54, 1.807) is 6.07 Å². The Morgan fingerprint density at radius 1 is 1.07 bits per heavy atom. The summed E-state index contributed by atoms with van der Waals surface area (Å²) in [5.41, 5.74) is 8.35. The molecule has 0 saturated carbocycles. The molecule has 0 radical (unpaired) electrons. The number of hydrogen-bond acceptors (Lipinski definition) is 1. The first kappa shape index (κ1) is 9.42. The molecule has 2 aromatic rings. The number of benzene rings is 2. The Bertz CT molecular complexity index is 516. The Labute approximate surface area is 103 Å². The number of halogens is 1. The van der Waals surface area contributed by atoms with Crippen LogP contribution in [0.25, 0.3) is 11.1 Å². The SMILES string of the molecule is [2H]c1ccc[c]([Pd][Cl])c1-c1ccccc1N. The minimum absolute atomic E-state index is 0.0494. The second-order valence-corrected chi connectivity index (χ2v) is 4.85. The summed E-state index contributed by atoms with van der Waals surface area (Å²) in [7, 11) is 5.93. The van der Waals surface area contributed by atoms with Crippen molar-refractivity contribution in [2.75, 3.05) is 5.73 Å². The first-order chi connectivity index (χ1) is 7.74. The molecule has 0 aromatic heterocycles. The first-order valence-electron chi connectivity index (χ1n) is 4.89. The van der Waals surface area contributed by atoms with Crippen LogP contribution in [0.5, 0.6) is 0 Å². The Kier molecular flexibility index (Phi) is 3.02. The molecule has 0 bridgehead atoms. The van der Waals surface area contributed by atoms with Crippen molar-refractivity contribution >= 4 is 19.3 Å². The molecule has 0 spiro atoms. The van der Waals surface area contributed by atoms with Gasteiger partial charge in [0.1, 0.15) is 0 Å². The van der Waals surface area contributed by atoms with Crippen LogP contribution in [0.4, 0.5) is 5.69 Å².